The Hall–Kier alpha value is -3.54. The number of methoxy groups -OCH3 is 1. The first-order chi connectivity index (χ1) is 13.6. The molecule has 28 heavy (non-hydrogen) atoms. The van der Waals surface area contributed by atoms with E-state index in [1.807, 2.05) is 43.3 Å². The molecule has 4 rings (SSSR count). The molecule has 0 bridgehead atoms. The van der Waals surface area contributed by atoms with E-state index >= 15 is 0 Å². The highest BCUT2D eigenvalue weighted by molar-refractivity contribution is 5.98. The van der Waals surface area contributed by atoms with E-state index in [2.05, 4.69) is 4.98 Å². The normalized spacial score (nSPS) is 10.9. The van der Waals surface area contributed by atoms with Crippen LogP contribution >= 0.6 is 0 Å². The molecule has 0 atom stereocenters. The Morgan fingerprint density at radius 1 is 0.929 bits per heavy atom. The SMILES string of the molecule is COc1cc(-c2ccc(F)cc2)cc2c(N(C)C)nc(-c3cccnc3)nc12. The van der Waals surface area contributed by atoms with Crippen molar-refractivity contribution in [2.45, 2.75) is 0 Å². The summed E-state index contributed by atoms with van der Waals surface area (Å²) in [5.74, 6) is 1.71. The molecule has 5 nitrogen and oxygen atoms in total. The second kappa shape index (κ2) is 7.23. The molecule has 0 N–H and O–H groups in total. The van der Waals surface area contributed by atoms with Crippen molar-refractivity contribution in [2.75, 3.05) is 26.1 Å². The van der Waals surface area contributed by atoms with Crippen molar-refractivity contribution in [3.63, 3.8) is 0 Å². The molecular weight excluding hydrogens is 355 g/mol. The van der Waals surface area contributed by atoms with Crippen LogP contribution in [0.15, 0.2) is 60.9 Å². The second-order valence-electron chi connectivity index (χ2n) is 6.59. The average Bonchev–Trinajstić information content (AvgIpc) is 2.73. The highest BCUT2D eigenvalue weighted by Gasteiger charge is 2.16. The zero-order valence-corrected chi connectivity index (χ0v) is 15.8. The van der Waals surface area contributed by atoms with Gasteiger partial charge in [-0.15, -0.1) is 0 Å². The van der Waals surface area contributed by atoms with Crippen LogP contribution in [0.25, 0.3) is 33.4 Å². The number of halogens is 1. The van der Waals surface area contributed by atoms with Crippen LogP contribution in [0, 0.1) is 5.82 Å². The Kier molecular flexibility index (Phi) is 4.61. The van der Waals surface area contributed by atoms with E-state index in [-0.39, 0.29) is 5.82 Å². The maximum Gasteiger partial charge on any atom is 0.163 e. The third kappa shape index (κ3) is 3.24. The van der Waals surface area contributed by atoms with E-state index in [0.29, 0.717) is 17.1 Å². The van der Waals surface area contributed by atoms with Gasteiger partial charge in [0.05, 0.1) is 7.11 Å². The summed E-state index contributed by atoms with van der Waals surface area (Å²) in [5.41, 5.74) is 3.34. The first kappa shape index (κ1) is 17.9. The van der Waals surface area contributed by atoms with Gasteiger partial charge in [-0.2, -0.15) is 0 Å². The zero-order chi connectivity index (χ0) is 19.7. The molecule has 0 spiro atoms. The molecule has 2 heterocycles. The summed E-state index contributed by atoms with van der Waals surface area (Å²) >= 11 is 0. The minimum atomic E-state index is -0.269. The zero-order valence-electron chi connectivity index (χ0n) is 15.8. The van der Waals surface area contributed by atoms with Crippen molar-refractivity contribution >= 4 is 16.7 Å². The minimum Gasteiger partial charge on any atom is -0.494 e. The number of aromatic nitrogens is 3. The maximum atomic E-state index is 13.3. The standard InChI is InChI=1S/C22H19FN4O/c1-27(2)22-18-11-16(14-6-8-17(23)9-7-14)12-19(28-3)20(18)25-21(26-22)15-5-4-10-24-13-15/h4-13H,1-3H3. The highest BCUT2D eigenvalue weighted by atomic mass is 19.1. The third-order valence-electron chi connectivity index (χ3n) is 4.49. The Morgan fingerprint density at radius 2 is 1.71 bits per heavy atom. The van der Waals surface area contributed by atoms with E-state index < -0.39 is 0 Å². The van der Waals surface area contributed by atoms with Crippen molar-refractivity contribution < 1.29 is 9.13 Å². The predicted molar refractivity (Wildman–Crippen MR) is 109 cm³/mol. The number of nitrogens with zero attached hydrogens (tertiary/aromatic N) is 4. The number of hydrogen-bond donors (Lipinski definition) is 0. The molecular formula is C22H19FN4O. The molecule has 6 heteroatoms. The average molecular weight is 374 g/mol. The van der Waals surface area contributed by atoms with Crippen molar-refractivity contribution in [1.82, 2.24) is 15.0 Å². The monoisotopic (exact) mass is 374 g/mol. The van der Waals surface area contributed by atoms with E-state index in [0.717, 1.165) is 27.9 Å². The fraction of sp³-hybridized carbons (Fsp3) is 0.136. The Morgan fingerprint density at radius 3 is 2.36 bits per heavy atom. The molecule has 0 fully saturated rings. The lowest BCUT2D eigenvalue weighted by Crippen LogP contribution is -2.12. The third-order valence-corrected chi connectivity index (χ3v) is 4.49. The van der Waals surface area contributed by atoms with Crippen molar-refractivity contribution in [2.24, 2.45) is 0 Å². The van der Waals surface area contributed by atoms with Gasteiger partial charge >= 0.3 is 0 Å². The lowest BCUT2D eigenvalue weighted by atomic mass is 10.0. The van der Waals surface area contributed by atoms with Gasteiger partial charge in [0.1, 0.15) is 22.9 Å². The van der Waals surface area contributed by atoms with Gasteiger partial charge in [-0.1, -0.05) is 12.1 Å². The van der Waals surface area contributed by atoms with Crippen LogP contribution in [0.1, 0.15) is 0 Å². The number of pyridine rings is 1. The topological polar surface area (TPSA) is 51.1 Å². The second-order valence-corrected chi connectivity index (χ2v) is 6.59. The van der Waals surface area contributed by atoms with Crippen LogP contribution in [0.5, 0.6) is 5.75 Å². The summed E-state index contributed by atoms with van der Waals surface area (Å²) in [7, 11) is 5.49. The van der Waals surface area contributed by atoms with Crippen LogP contribution in [0.2, 0.25) is 0 Å². The van der Waals surface area contributed by atoms with Crippen LogP contribution in [0.4, 0.5) is 10.2 Å². The molecule has 0 amide bonds. The molecule has 140 valence electrons. The van der Waals surface area contributed by atoms with Gasteiger partial charge < -0.3 is 9.64 Å². The van der Waals surface area contributed by atoms with E-state index in [1.54, 1.807) is 31.6 Å². The molecule has 2 aromatic heterocycles. The quantitative estimate of drug-likeness (QED) is 0.524. The number of hydrogen-bond acceptors (Lipinski definition) is 5. The Bertz CT molecular complexity index is 1130. The lowest BCUT2D eigenvalue weighted by Gasteiger charge is -2.18. The van der Waals surface area contributed by atoms with Crippen LogP contribution in [0.3, 0.4) is 0 Å². The summed E-state index contributed by atoms with van der Waals surface area (Å²) in [5, 5.41) is 0.858. The van der Waals surface area contributed by atoms with Crippen molar-refractivity contribution in [3.05, 3.63) is 66.7 Å². The van der Waals surface area contributed by atoms with Gasteiger partial charge in [0, 0.05) is 37.4 Å². The van der Waals surface area contributed by atoms with Crippen LogP contribution in [-0.2, 0) is 0 Å². The van der Waals surface area contributed by atoms with E-state index in [4.69, 9.17) is 14.7 Å². The molecule has 0 aliphatic heterocycles. The molecule has 0 aliphatic carbocycles. The molecule has 2 aromatic carbocycles. The van der Waals surface area contributed by atoms with E-state index in [1.165, 1.54) is 12.1 Å². The summed E-state index contributed by atoms with van der Waals surface area (Å²) in [6.45, 7) is 0. The highest BCUT2D eigenvalue weighted by Crippen LogP contribution is 2.36. The number of ether oxygens (including phenoxy) is 1. The van der Waals surface area contributed by atoms with Crippen molar-refractivity contribution in [1.29, 1.82) is 0 Å². The number of anilines is 1. The Balaban J connectivity index is 1.99. The molecule has 0 unspecified atom stereocenters. The molecule has 0 saturated carbocycles. The van der Waals surface area contributed by atoms with Gasteiger partial charge in [0.15, 0.2) is 5.82 Å². The largest absolute Gasteiger partial charge is 0.494 e. The number of fused-ring (bicyclic) bond motifs is 1. The molecule has 4 aromatic rings. The summed E-state index contributed by atoms with van der Waals surface area (Å²) in [4.78, 5) is 15.6. The summed E-state index contributed by atoms with van der Waals surface area (Å²) < 4.78 is 19.0. The summed E-state index contributed by atoms with van der Waals surface area (Å²) in [6.07, 6.45) is 3.45. The lowest BCUT2D eigenvalue weighted by molar-refractivity contribution is 0.419. The van der Waals surface area contributed by atoms with Gasteiger partial charge in [0.25, 0.3) is 0 Å². The molecule has 0 aliphatic rings. The predicted octanol–water partition coefficient (Wildman–Crippen LogP) is 4.57. The Labute approximate surface area is 162 Å². The number of rotatable bonds is 4. The van der Waals surface area contributed by atoms with Crippen LogP contribution in [-0.4, -0.2) is 36.2 Å². The van der Waals surface area contributed by atoms with Gasteiger partial charge in [0.2, 0.25) is 0 Å². The van der Waals surface area contributed by atoms with Crippen LogP contribution < -0.4 is 9.64 Å². The van der Waals surface area contributed by atoms with Gasteiger partial charge in [-0.25, -0.2) is 14.4 Å². The molecule has 0 saturated heterocycles. The smallest absolute Gasteiger partial charge is 0.163 e. The summed E-state index contributed by atoms with van der Waals surface area (Å²) in [6, 6.07) is 14.1. The molecule has 0 radical (unpaired) electrons. The van der Waals surface area contributed by atoms with Gasteiger partial charge in [-0.05, 0) is 47.5 Å². The fourth-order valence-corrected chi connectivity index (χ4v) is 3.11. The minimum absolute atomic E-state index is 0.269. The van der Waals surface area contributed by atoms with Gasteiger partial charge in [-0.3, -0.25) is 4.98 Å². The maximum absolute atomic E-state index is 13.3. The van der Waals surface area contributed by atoms with E-state index in [9.17, 15) is 4.39 Å². The first-order valence-electron chi connectivity index (χ1n) is 8.80. The fourth-order valence-electron chi connectivity index (χ4n) is 3.11. The first-order valence-corrected chi connectivity index (χ1v) is 8.80. The number of benzene rings is 2. The van der Waals surface area contributed by atoms with Crippen molar-refractivity contribution in [3.8, 4) is 28.3 Å².